The summed E-state index contributed by atoms with van der Waals surface area (Å²) in [5.74, 6) is 0.794. The van der Waals surface area contributed by atoms with Crippen molar-refractivity contribution in [1.29, 1.82) is 0 Å². The molecular weight excluding hydrogens is 296 g/mol. The molecular formula is C16H26N4OS. The highest BCUT2D eigenvalue weighted by Crippen LogP contribution is 2.11. The Balaban J connectivity index is 1.58. The van der Waals surface area contributed by atoms with Crippen molar-refractivity contribution in [3.05, 3.63) is 22.4 Å². The lowest BCUT2D eigenvalue weighted by Crippen LogP contribution is -2.34. The van der Waals surface area contributed by atoms with Crippen LogP contribution in [-0.2, 0) is 11.2 Å². The van der Waals surface area contributed by atoms with E-state index >= 15 is 0 Å². The third kappa shape index (κ3) is 6.05. The van der Waals surface area contributed by atoms with Gasteiger partial charge in [-0.05, 0) is 37.1 Å². The molecule has 1 amide bonds. The van der Waals surface area contributed by atoms with E-state index in [2.05, 4.69) is 27.8 Å². The second-order valence-corrected chi connectivity index (χ2v) is 6.60. The first-order chi connectivity index (χ1) is 10.8. The van der Waals surface area contributed by atoms with Gasteiger partial charge in [0.25, 0.3) is 0 Å². The van der Waals surface area contributed by atoms with Gasteiger partial charge in [-0.2, -0.15) is 0 Å². The van der Waals surface area contributed by atoms with Crippen molar-refractivity contribution in [3.8, 4) is 0 Å². The van der Waals surface area contributed by atoms with Crippen LogP contribution in [-0.4, -0.2) is 42.9 Å². The average molecular weight is 322 g/mol. The van der Waals surface area contributed by atoms with Gasteiger partial charge in [0.05, 0.1) is 0 Å². The summed E-state index contributed by atoms with van der Waals surface area (Å²) in [7, 11) is 0. The number of hydrogen-bond acceptors (Lipinski definition) is 3. The van der Waals surface area contributed by atoms with Crippen LogP contribution in [0, 0.1) is 0 Å². The van der Waals surface area contributed by atoms with Crippen molar-refractivity contribution in [3.63, 3.8) is 0 Å². The molecule has 0 atom stereocenters. The molecule has 6 heteroatoms. The molecule has 0 aromatic carbocycles. The van der Waals surface area contributed by atoms with Crippen LogP contribution in [0.15, 0.2) is 22.5 Å². The van der Waals surface area contributed by atoms with Crippen molar-refractivity contribution < 1.29 is 4.79 Å². The highest BCUT2D eigenvalue weighted by atomic mass is 32.1. The summed E-state index contributed by atoms with van der Waals surface area (Å²) in [6.07, 6.45) is 5.88. The Kier molecular flexibility index (Phi) is 7.22. The average Bonchev–Trinajstić information content (AvgIpc) is 2.94. The van der Waals surface area contributed by atoms with Gasteiger partial charge < -0.3 is 16.0 Å². The minimum absolute atomic E-state index is 0.295. The Bertz CT molecular complexity index is 473. The molecule has 0 bridgehead atoms. The third-order valence-corrected chi connectivity index (χ3v) is 4.73. The zero-order chi connectivity index (χ0) is 15.6. The number of amides is 1. The van der Waals surface area contributed by atoms with Crippen LogP contribution in [0.5, 0.6) is 0 Å². The summed E-state index contributed by atoms with van der Waals surface area (Å²) in [5, 5.41) is 5.21. The van der Waals surface area contributed by atoms with Crippen LogP contribution in [0.3, 0.4) is 0 Å². The number of aliphatic imine (C=N–C) groups is 1. The maximum Gasteiger partial charge on any atom is 0.222 e. The topological polar surface area (TPSA) is 70.7 Å². The summed E-state index contributed by atoms with van der Waals surface area (Å²) in [6, 6.07) is 4.18. The number of guanidine groups is 1. The van der Waals surface area contributed by atoms with Crippen LogP contribution in [0.4, 0.5) is 0 Å². The molecule has 1 aromatic rings. The summed E-state index contributed by atoms with van der Waals surface area (Å²) < 4.78 is 0. The van der Waals surface area contributed by atoms with E-state index in [0.717, 1.165) is 45.3 Å². The van der Waals surface area contributed by atoms with E-state index in [-0.39, 0.29) is 0 Å². The van der Waals surface area contributed by atoms with Gasteiger partial charge in [-0.1, -0.05) is 12.5 Å². The van der Waals surface area contributed by atoms with Crippen molar-refractivity contribution in [2.45, 2.75) is 38.5 Å². The van der Waals surface area contributed by atoms with E-state index in [1.54, 1.807) is 11.3 Å². The van der Waals surface area contributed by atoms with Crippen molar-refractivity contribution in [1.82, 2.24) is 10.2 Å². The van der Waals surface area contributed by atoms with Crippen LogP contribution in [0.1, 0.15) is 37.0 Å². The van der Waals surface area contributed by atoms with Gasteiger partial charge in [0.15, 0.2) is 5.96 Å². The molecule has 0 unspecified atom stereocenters. The van der Waals surface area contributed by atoms with Crippen LogP contribution in [0.25, 0.3) is 0 Å². The van der Waals surface area contributed by atoms with E-state index in [9.17, 15) is 4.79 Å². The largest absolute Gasteiger partial charge is 0.370 e. The van der Waals surface area contributed by atoms with Gasteiger partial charge in [0.1, 0.15) is 0 Å². The number of thiophene rings is 1. The number of nitrogens with two attached hydrogens (primary N) is 1. The first-order valence-corrected chi connectivity index (χ1v) is 8.97. The van der Waals surface area contributed by atoms with Gasteiger partial charge in [-0.25, -0.2) is 0 Å². The number of carbonyl (C=O) groups excluding carboxylic acids is 1. The lowest BCUT2D eigenvalue weighted by Gasteiger charge is -2.19. The molecule has 3 N–H and O–H groups in total. The predicted octanol–water partition coefficient (Wildman–Crippen LogP) is 1.99. The number of nitrogens with one attached hydrogen (secondary N) is 1. The summed E-state index contributed by atoms with van der Waals surface area (Å²) in [6.45, 7) is 3.17. The standard InChI is InChI=1S/C16H26N4OS/c17-16(19-10-8-14-6-4-13-22-14)18-9-5-12-20-11-3-1-2-7-15(20)21/h4,6,13H,1-3,5,7-12H2,(H3,17,18,19). The highest BCUT2D eigenvalue weighted by Gasteiger charge is 2.15. The molecule has 2 rings (SSSR count). The Labute approximate surface area is 136 Å². The van der Waals surface area contributed by atoms with Gasteiger partial charge in [-0.3, -0.25) is 9.79 Å². The zero-order valence-corrected chi connectivity index (χ0v) is 13.9. The fourth-order valence-electron chi connectivity index (χ4n) is 2.56. The molecule has 1 saturated heterocycles. The second kappa shape index (κ2) is 9.46. The summed E-state index contributed by atoms with van der Waals surface area (Å²) >= 11 is 1.76. The Hall–Kier alpha value is -1.56. The molecule has 0 radical (unpaired) electrons. The SMILES string of the molecule is NC(=NCCCN1CCCCCC1=O)NCCc1cccs1. The Morgan fingerprint density at radius 3 is 3.14 bits per heavy atom. The molecule has 0 aliphatic carbocycles. The fourth-order valence-corrected chi connectivity index (χ4v) is 3.27. The van der Waals surface area contributed by atoms with E-state index in [1.165, 1.54) is 11.3 Å². The van der Waals surface area contributed by atoms with Crippen LogP contribution < -0.4 is 11.1 Å². The predicted molar refractivity (Wildman–Crippen MR) is 92.2 cm³/mol. The van der Waals surface area contributed by atoms with Crippen molar-refractivity contribution in [2.75, 3.05) is 26.2 Å². The lowest BCUT2D eigenvalue weighted by atomic mass is 10.2. The number of rotatable bonds is 7. The first-order valence-electron chi connectivity index (χ1n) is 8.09. The normalized spacial score (nSPS) is 16.6. The van der Waals surface area contributed by atoms with E-state index < -0.39 is 0 Å². The van der Waals surface area contributed by atoms with Gasteiger partial charge in [0.2, 0.25) is 5.91 Å². The van der Waals surface area contributed by atoms with E-state index in [4.69, 9.17) is 5.73 Å². The summed E-state index contributed by atoms with van der Waals surface area (Å²) in [5.41, 5.74) is 5.85. The number of carbonyl (C=O) groups is 1. The maximum atomic E-state index is 11.9. The van der Waals surface area contributed by atoms with E-state index in [0.29, 0.717) is 24.8 Å². The second-order valence-electron chi connectivity index (χ2n) is 5.57. The van der Waals surface area contributed by atoms with Crippen LogP contribution >= 0.6 is 11.3 Å². The lowest BCUT2D eigenvalue weighted by molar-refractivity contribution is -0.130. The first kappa shape index (κ1) is 16.8. The Morgan fingerprint density at radius 1 is 1.41 bits per heavy atom. The summed E-state index contributed by atoms with van der Waals surface area (Å²) in [4.78, 5) is 19.5. The molecule has 1 aliphatic rings. The minimum atomic E-state index is 0.295. The minimum Gasteiger partial charge on any atom is -0.370 e. The van der Waals surface area contributed by atoms with Gasteiger partial charge in [0, 0.05) is 37.5 Å². The quantitative estimate of drug-likeness (QED) is 0.458. The number of hydrogen-bond donors (Lipinski definition) is 2. The smallest absolute Gasteiger partial charge is 0.222 e. The monoisotopic (exact) mass is 322 g/mol. The maximum absolute atomic E-state index is 11.9. The van der Waals surface area contributed by atoms with Gasteiger partial charge >= 0.3 is 0 Å². The molecule has 0 spiro atoms. The van der Waals surface area contributed by atoms with E-state index in [1.807, 2.05) is 4.90 Å². The molecule has 2 heterocycles. The Morgan fingerprint density at radius 2 is 2.32 bits per heavy atom. The molecule has 1 aliphatic heterocycles. The molecule has 5 nitrogen and oxygen atoms in total. The molecule has 1 fully saturated rings. The van der Waals surface area contributed by atoms with Crippen LogP contribution in [0.2, 0.25) is 0 Å². The van der Waals surface area contributed by atoms with Gasteiger partial charge in [-0.15, -0.1) is 11.3 Å². The highest BCUT2D eigenvalue weighted by molar-refractivity contribution is 7.09. The van der Waals surface area contributed by atoms with Crippen molar-refractivity contribution in [2.24, 2.45) is 10.7 Å². The van der Waals surface area contributed by atoms with Crippen molar-refractivity contribution >= 4 is 23.2 Å². The third-order valence-electron chi connectivity index (χ3n) is 3.80. The molecule has 122 valence electrons. The molecule has 0 saturated carbocycles. The number of likely N-dealkylation sites (tertiary alicyclic amines) is 1. The zero-order valence-electron chi connectivity index (χ0n) is 13.1. The fraction of sp³-hybridized carbons (Fsp3) is 0.625. The number of nitrogens with zero attached hydrogens (tertiary/aromatic N) is 2. The molecule has 22 heavy (non-hydrogen) atoms. The molecule has 1 aromatic heterocycles.